The first-order valence-electron chi connectivity index (χ1n) is 4.48. The summed E-state index contributed by atoms with van der Waals surface area (Å²) < 4.78 is 4.84. The van der Waals surface area contributed by atoms with Crippen molar-refractivity contribution in [2.45, 2.75) is 40.0 Å². The van der Waals surface area contributed by atoms with Crippen molar-refractivity contribution in [1.29, 1.82) is 0 Å². The van der Waals surface area contributed by atoms with Gasteiger partial charge in [0.2, 0.25) is 0 Å². The molecule has 0 aliphatic rings. The van der Waals surface area contributed by atoms with Gasteiger partial charge in [-0.2, -0.15) is 0 Å². The third-order valence-corrected chi connectivity index (χ3v) is 1.71. The van der Waals surface area contributed by atoms with E-state index in [1.807, 2.05) is 6.92 Å². The summed E-state index contributed by atoms with van der Waals surface area (Å²) in [5, 5.41) is 0. The van der Waals surface area contributed by atoms with Crippen LogP contribution in [0.25, 0.3) is 0 Å². The second-order valence-corrected chi connectivity index (χ2v) is 2.79. The molecule has 0 aliphatic carbocycles. The number of hydrogen-bond acceptors (Lipinski definition) is 2. The van der Waals surface area contributed by atoms with Crippen LogP contribution in [0.4, 0.5) is 0 Å². The van der Waals surface area contributed by atoms with Gasteiger partial charge in [0, 0.05) is 13.3 Å². The second kappa shape index (κ2) is 6.89. The molecular weight excluding hydrogens is 152 g/mol. The molecule has 0 rings (SSSR count). The van der Waals surface area contributed by atoms with E-state index in [1.54, 1.807) is 0 Å². The molecule has 0 heterocycles. The highest BCUT2D eigenvalue weighted by molar-refractivity contribution is 5.65. The summed E-state index contributed by atoms with van der Waals surface area (Å²) in [7, 11) is 0. The molecule has 0 amide bonds. The van der Waals surface area contributed by atoms with E-state index in [0.717, 1.165) is 19.3 Å². The average molecular weight is 170 g/mol. The summed E-state index contributed by atoms with van der Waals surface area (Å²) in [5.41, 5.74) is 1.37. The smallest absolute Gasteiger partial charge is 0.302 e. The zero-order chi connectivity index (χ0) is 9.40. The minimum atomic E-state index is -0.193. The maximum absolute atomic E-state index is 10.4. The lowest BCUT2D eigenvalue weighted by atomic mass is 10.1. The van der Waals surface area contributed by atoms with Crippen molar-refractivity contribution < 1.29 is 9.53 Å². The van der Waals surface area contributed by atoms with Crippen LogP contribution in [0.2, 0.25) is 0 Å². The molecule has 0 aromatic heterocycles. The Morgan fingerprint density at radius 2 is 2.08 bits per heavy atom. The summed E-state index contributed by atoms with van der Waals surface area (Å²) in [4.78, 5) is 10.4. The lowest BCUT2D eigenvalue weighted by Gasteiger charge is -2.04. The van der Waals surface area contributed by atoms with Crippen molar-refractivity contribution in [3.05, 3.63) is 11.6 Å². The van der Waals surface area contributed by atoms with Gasteiger partial charge in [-0.3, -0.25) is 4.79 Å². The van der Waals surface area contributed by atoms with Gasteiger partial charge in [-0.05, 0) is 13.3 Å². The van der Waals surface area contributed by atoms with Crippen LogP contribution in [0.1, 0.15) is 40.0 Å². The standard InChI is InChI=1S/C10H18O2/c1-4-6-10(5-2)7-8-12-9(3)11/h5H,4,6-8H2,1-3H3. The molecule has 0 saturated carbocycles. The molecule has 0 radical (unpaired) electrons. The van der Waals surface area contributed by atoms with Gasteiger partial charge in [0.05, 0.1) is 6.61 Å². The lowest BCUT2D eigenvalue weighted by molar-refractivity contribution is -0.140. The van der Waals surface area contributed by atoms with Gasteiger partial charge < -0.3 is 4.74 Å². The van der Waals surface area contributed by atoms with Crippen LogP contribution >= 0.6 is 0 Å². The van der Waals surface area contributed by atoms with E-state index in [-0.39, 0.29) is 5.97 Å². The van der Waals surface area contributed by atoms with Crippen molar-refractivity contribution in [3.63, 3.8) is 0 Å². The first-order chi connectivity index (χ1) is 5.70. The van der Waals surface area contributed by atoms with E-state index in [1.165, 1.54) is 12.5 Å². The van der Waals surface area contributed by atoms with Crippen LogP contribution in [-0.2, 0) is 9.53 Å². The maximum Gasteiger partial charge on any atom is 0.302 e. The third-order valence-electron chi connectivity index (χ3n) is 1.71. The number of ether oxygens (including phenoxy) is 1. The monoisotopic (exact) mass is 170 g/mol. The SMILES string of the molecule is CC=C(CCC)CCOC(C)=O. The zero-order valence-corrected chi connectivity index (χ0v) is 8.22. The van der Waals surface area contributed by atoms with E-state index in [9.17, 15) is 4.79 Å². The van der Waals surface area contributed by atoms with Crippen LogP contribution in [0.3, 0.4) is 0 Å². The molecule has 0 aromatic rings. The van der Waals surface area contributed by atoms with E-state index in [4.69, 9.17) is 4.74 Å². The van der Waals surface area contributed by atoms with Crippen LogP contribution < -0.4 is 0 Å². The van der Waals surface area contributed by atoms with Gasteiger partial charge in [-0.25, -0.2) is 0 Å². The number of carbonyl (C=O) groups is 1. The highest BCUT2D eigenvalue weighted by Crippen LogP contribution is 2.09. The molecule has 0 N–H and O–H groups in total. The molecule has 0 atom stereocenters. The summed E-state index contributed by atoms with van der Waals surface area (Å²) >= 11 is 0. The van der Waals surface area contributed by atoms with E-state index < -0.39 is 0 Å². The summed E-state index contributed by atoms with van der Waals surface area (Å²) in [6.07, 6.45) is 5.24. The summed E-state index contributed by atoms with van der Waals surface area (Å²) in [6.45, 7) is 6.14. The molecule has 2 heteroatoms. The van der Waals surface area contributed by atoms with Gasteiger partial charge in [0.1, 0.15) is 0 Å². The predicted molar refractivity (Wildman–Crippen MR) is 49.9 cm³/mol. The Morgan fingerprint density at radius 1 is 1.42 bits per heavy atom. The molecule has 0 aromatic carbocycles. The molecule has 0 bridgehead atoms. The average Bonchev–Trinajstić information content (AvgIpc) is 2.02. The van der Waals surface area contributed by atoms with Gasteiger partial charge in [-0.1, -0.05) is 25.0 Å². The second-order valence-electron chi connectivity index (χ2n) is 2.79. The topological polar surface area (TPSA) is 26.3 Å². The number of hydrogen-bond donors (Lipinski definition) is 0. The molecule has 0 aliphatic heterocycles. The van der Waals surface area contributed by atoms with Crippen LogP contribution in [-0.4, -0.2) is 12.6 Å². The molecule has 0 unspecified atom stereocenters. The van der Waals surface area contributed by atoms with Crippen molar-refractivity contribution in [1.82, 2.24) is 0 Å². The van der Waals surface area contributed by atoms with Crippen LogP contribution in [0.15, 0.2) is 11.6 Å². The molecule has 12 heavy (non-hydrogen) atoms. The first kappa shape index (κ1) is 11.2. The molecule has 0 spiro atoms. The molecule has 70 valence electrons. The largest absolute Gasteiger partial charge is 0.466 e. The number of rotatable bonds is 5. The Balaban J connectivity index is 3.52. The van der Waals surface area contributed by atoms with Gasteiger partial charge >= 0.3 is 5.97 Å². The minimum absolute atomic E-state index is 0.193. The minimum Gasteiger partial charge on any atom is -0.466 e. The maximum atomic E-state index is 10.4. The van der Waals surface area contributed by atoms with Crippen LogP contribution in [0.5, 0.6) is 0 Å². The Hall–Kier alpha value is -0.790. The van der Waals surface area contributed by atoms with E-state index in [2.05, 4.69) is 13.0 Å². The van der Waals surface area contributed by atoms with Crippen molar-refractivity contribution in [2.75, 3.05) is 6.61 Å². The fourth-order valence-electron chi connectivity index (χ4n) is 1.06. The van der Waals surface area contributed by atoms with E-state index >= 15 is 0 Å². The van der Waals surface area contributed by atoms with Crippen molar-refractivity contribution in [3.8, 4) is 0 Å². The Morgan fingerprint density at radius 3 is 2.50 bits per heavy atom. The first-order valence-corrected chi connectivity index (χ1v) is 4.48. The summed E-state index contributed by atoms with van der Waals surface area (Å²) in [6, 6.07) is 0. The van der Waals surface area contributed by atoms with Gasteiger partial charge in [0.25, 0.3) is 0 Å². The number of carbonyl (C=O) groups excluding carboxylic acids is 1. The molecule has 0 fully saturated rings. The number of esters is 1. The lowest BCUT2D eigenvalue weighted by Crippen LogP contribution is -2.01. The molecule has 0 saturated heterocycles. The molecule has 2 nitrogen and oxygen atoms in total. The fourth-order valence-corrected chi connectivity index (χ4v) is 1.06. The van der Waals surface area contributed by atoms with Gasteiger partial charge in [0.15, 0.2) is 0 Å². The predicted octanol–water partition coefficient (Wildman–Crippen LogP) is 2.69. The Kier molecular flexibility index (Phi) is 6.44. The highest BCUT2D eigenvalue weighted by Gasteiger charge is 1.96. The highest BCUT2D eigenvalue weighted by atomic mass is 16.5. The van der Waals surface area contributed by atoms with Gasteiger partial charge in [-0.15, -0.1) is 0 Å². The number of allylic oxidation sites excluding steroid dienone is 1. The normalized spacial score (nSPS) is 11.4. The zero-order valence-electron chi connectivity index (χ0n) is 8.22. The van der Waals surface area contributed by atoms with E-state index in [0.29, 0.717) is 6.61 Å². The fraction of sp³-hybridized carbons (Fsp3) is 0.700. The Labute approximate surface area is 74.6 Å². The Bertz CT molecular complexity index is 159. The molecular formula is C10H18O2. The van der Waals surface area contributed by atoms with Crippen molar-refractivity contribution >= 4 is 5.97 Å². The van der Waals surface area contributed by atoms with Crippen LogP contribution in [0, 0.1) is 0 Å². The quantitative estimate of drug-likeness (QED) is 0.468. The third kappa shape index (κ3) is 5.96. The van der Waals surface area contributed by atoms with Crippen molar-refractivity contribution in [2.24, 2.45) is 0 Å². The summed E-state index contributed by atoms with van der Waals surface area (Å²) in [5.74, 6) is -0.193.